The Bertz CT molecular complexity index is 541. The lowest BCUT2D eigenvalue weighted by atomic mass is 10.2. The molecule has 1 aromatic heterocycles. The molecule has 0 radical (unpaired) electrons. The maximum absolute atomic E-state index is 13.0. The van der Waals surface area contributed by atoms with Crippen LogP contribution in [-0.2, 0) is 0 Å². The Hall–Kier alpha value is -1.61. The molecule has 1 fully saturated rings. The summed E-state index contributed by atoms with van der Waals surface area (Å²) in [5, 5.41) is 10.8. The van der Waals surface area contributed by atoms with Gasteiger partial charge in [0.05, 0.1) is 9.95 Å². The standard InChI is InChI=1S/C12H14ClF3N4O2/c13-9-5-8(20(21)22)6-17-12(9)19-3-1-18(2-4-19)7-10(14)11(15)16/h5-6,10-11H,1-4,7H2. The normalized spacial score (nSPS) is 17.8. The third kappa shape index (κ3) is 3.98. The largest absolute Gasteiger partial charge is 0.353 e. The summed E-state index contributed by atoms with van der Waals surface area (Å²) < 4.78 is 37.4. The van der Waals surface area contributed by atoms with E-state index in [0.29, 0.717) is 32.0 Å². The van der Waals surface area contributed by atoms with E-state index >= 15 is 0 Å². The average Bonchev–Trinajstić information content (AvgIpc) is 2.48. The first-order chi connectivity index (χ1) is 10.4. The molecule has 6 nitrogen and oxygen atoms in total. The van der Waals surface area contributed by atoms with Crippen molar-refractivity contribution in [3.63, 3.8) is 0 Å². The molecule has 122 valence electrons. The summed E-state index contributed by atoms with van der Waals surface area (Å²) in [5.74, 6) is 0.401. The fourth-order valence-electron chi connectivity index (χ4n) is 2.22. The number of aromatic nitrogens is 1. The van der Waals surface area contributed by atoms with Crippen LogP contribution in [0.3, 0.4) is 0 Å². The first-order valence-electron chi connectivity index (χ1n) is 6.58. The lowest BCUT2D eigenvalue weighted by Crippen LogP contribution is -2.49. The number of hydrogen-bond donors (Lipinski definition) is 0. The van der Waals surface area contributed by atoms with Crippen molar-refractivity contribution in [2.45, 2.75) is 12.6 Å². The average molecular weight is 339 g/mol. The van der Waals surface area contributed by atoms with Gasteiger partial charge in [-0.05, 0) is 0 Å². The Morgan fingerprint density at radius 2 is 1.95 bits per heavy atom. The summed E-state index contributed by atoms with van der Waals surface area (Å²) in [6, 6.07) is 1.21. The quantitative estimate of drug-likeness (QED) is 0.609. The van der Waals surface area contributed by atoms with E-state index in [9.17, 15) is 23.3 Å². The van der Waals surface area contributed by atoms with Crippen molar-refractivity contribution < 1.29 is 18.1 Å². The molecule has 2 heterocycles. The molecule has 0 N–H and O–H groups in total. The SMILES string of the molecule is O=[N+]([O-])c1cnc(N2CCN(CC(F)C(F)F)CC2)c(Cl)c1. The molecule has 0 saturated carbocycles. The van der Waals surface area contributed by atoms with Crippen molar-refractivity contribution in [1.29, 1.82) is 0 Å². The van der Waals surface area contributed by atoms with Crippen molar-refractivity contribution in [2.24, 2.45) is 0 Å². The van der Waals surface area contributed by atoms with Gasteiger partial charge in [0.1, 0.15) is 12.0 Å². The van der Waals surface area contributed by atoms with Crippen LogP contribution >= 0.6 is 11.6 Å². The highest BCUT2D eigenvalue weighted by Gasteiger charge is 2.26. The Labute approximate surface area is 129 Å². The Balaban J connectivity index is 1.96. The van der Waals surface area contributed by atoms with Crippen LogP contribution in [0.4, 0.5) is 24.7 Å². The fourth-order valence-corrected chi connectivity index (χ4v) is 2.50. The molecule has 1 saturated heterocycles. The number of pyridine rings is 1. The number of hydrogen-bond acceptors (Lipinski definition) is 5. The molecule has 0 amide bonds. The van der Waals surface area contributed by atoms with Crippen molar-refractivity contribution in [3.05, 3.63) is 27.4 Å². The van der Waals surface area contributed by atoms with E-state index < -0.39 is 17.5 Å². The van der Waals surface area contributed by atoms with E-state index in [2.05, 4.69) is 4.98 Å². The van der Waals surface area contributed by atoms with Crippen LogP contribution in [0.2, 0.25) is 5.02 Å². The van der Waals surface area contributed by atoms with Gasteiger partial charge >= 0.3 is 0 Å². The molecular weight excluding hydrogens is 325 g/mol. The van der Waals surface area contributed by atoms with Crippen LogP contribution in [0, 0.1) is 10.1 Å². The Morgan fingerprint density at radius 1 is 1.32 bits per heavy atom. The highest BCUT2D eigenvalue weighted by atomic mass is 35.5. The number of halogens is 4. The van der Waals surface area contributed by atoms with Gasteiger partial charge in [-0.15, -0.1) is 0 Å². The van der Waals surface area contributed by atoms with E-state index in [-0.39, 0.29) is 17.3 Å². The summed E-state index contributed by atoms with van der Waals surface area (Å²) in [7, 11) is 0. The van der Waals surface area contributed by atoms with E-state index in [0.717, 1.165) is 6.20 Å². The highest BCUT2D eigenvalue weighted by Crippen LogP contribution is 2.27. The zero-order chi connectivity index (χ0) is 16.3. The molecule has 22 heavy (non-hydrogen) atoms. The van der Waals surface area contributed by atoms with Crippen LogP contribution in [0.25, 0.3) is 0 Å². The van der Waals surface area contributed by atoms with Crippen LogP contribution in [0.5, 0.6) is 0 Å². The van der Waals surface area contributed by atoms with Gasteiger partial charge in [-0.25, -0.2) is 18.2 Å². The fraction of sp³-hybridized carbons (Fsp3) is 0.583. The summed E-state index contributed by atoms with van der Waals surface area (Å²) in [5.41, 5.74) is -0.204. The molecule has 2 rings (SSSR count). The number of nitro groups is 1. The number of piperazine rings is 1. The monoisotopic (exact) mass is 338 g/mol. The molecule has 0 bridgehead atoms. The Morgan fingerprint density at radius 3 is 2.45 bits per heavy atom. The van der Waals surface area contributed by atoms with Crippen LogP contribution in [-0.4, -0.2) is 60.1 Å². The van der Waals surface area contributed by atoms with Gasteiger partial charge in [0.2, 0.25) is 0 Å². The number of anilines is 1. The van der Waals surface area contributed by atoms with Gasteiger partial charge in [0.15, 0.2) is 6.17 Å². The lowest BCUT2D eigenvalue weighted by molar-refractivity contribution is -0.385. The molecule has 10 heteroatoms. The maximum Gasteiger partial charge on any atom is 0.289 e. The van der Waals surface area contributed by atoms with E-state index in [4.69, 9.17) is 11.6 Å². The third-order valence-corrected chi connectivity index (χ3v) is 3.67. The van der Waals surface area contributed by atoms with Gasteiger partial charge in [-0.3, -0.25) is 15.0 Å². The number of rotatable bonds is 5. The number of nitrogens with zero attached hydrogens (tertiary/aromatic N) is 4. The summed E-state index contributed by atoms with van der Waals surface area (Å²) in [6.45, 7) is 1.33. The van der Waals surface area contributed by atoms with Crippen LogP contribution in [0.15, 0.2) is 12.3 Å². The van der Waals surface area contributed by atoms with Crippen molar-refractivity contribution >= 4 is 23.1 Å². The predicted octanol–water partition coefficient (Wildman–Crippen LogP) is 2.37. The second kappa shape index (κ2) is 7.10. The van der Waals surface area contributed by atoms with Crippen molar-refractivity contribution in [1.82, 2.24) is 9.88 Å². The van der Waals surface area contributed by atoms with E-state index in [1.807, 2.05) is 0 Å². The minimum Gasteiger partial charge on any atom is -0.353 e. The number of alkyl halides is 3. The predicted molar refractivity (Wildman–Crippen MR) is 75.5 cm³/mol. The maximum atomic E-state index is 13.0. The molecule has 1 aromatic rings. The van der Waals surface area contributed by atoms with Gasteiger partial charge in [0, 0.05) is 38.8 Å². The topological polar surface area (TPSA) is 62.5 Å². The molecule has 0 aromatic carbocycles. The minimum atomic E-state index is -2.98. The molecule has 0 aliphatic carbocycles. The highest BCUT2D eigenvalue weighted by molar-refractivity contribution is 6.33. The van der Waals surface area contributed by atoms with Gasteiger partial charge in [-0.2, -0.15) is 0 Å². The molecular formula is C12H14ClF3N4O2. The molecule has 1 atom stereocenters. The van der Waals surface area contributed by atoms with Gasteiger partial charge in [0.25, 0.3) is 12.1 Å². The van der Waals surface area contributed by atoms with E-state index in [1.54, 1.807) is 9.80 Å². The van der Waals surface area contributed by atoms with Crippen LogP contribution in [0.1, 0.15) is 0 Å². The first-order valence-corrected chi connectivity index (χ1v) is 6.95. The smallest absolute Gasteiger partial charge is 0.289 e. The minimum absolute atomic E-state index is 0.151. The Kier molecular flexibility index (Phi) is 5.41. The van der Waals surface area contributed by atoms with Gasteiger partial charge in [-0.1, -0.05) is 11.6 Å². The third-order valence-electron chi connectivity index (χ3n) is 3.40. The first kappa shape index (κ1) is 16.8. The van der Waals surface area contributed by atoms with Crippen molar-refractivity contribution in [3.8, 4) is 0 Å². The molecule has 1 unspecified atom stereocenters. The van der Waals surface area contributed by atoms with E-state index in [1.165, 1.54) is 6.07 Å². The second-order valence-electron chi connectivity index (χ2n) is 4.89. The summed E-state index contributed by atoms with van der Waals surface area (Å²) in [4.78, 5) is 17.4. The van der Waals surface area contributed by atoms with Crippen LogP contribution < -0.4 is 4.90 Å². The van der Waals surface area contributed by atoms with Gasteiger partial charge < -0.3 is 4.90 Å². The summed E-state index contributed by atoms with van der Waals surface area (Å²) in [6.07, 6.45) is -4.03. The lowest BCUT2D eigenvalue weighted by Gasteiger charge is -2.36. The zero-order valence-electron chi connectivity index (χ0n) is 11.5. The van der Waals surface area contributed by atoms with Crippen molar-refractivity contribution in [2.75, 3.05) is 37.6 Å². The molecule has 1 aliphatic rings. The second-order valence-corrected chi connectivity index (χ2v) is 5.30. The molecule has 1 aliphatic heterocycles. The molecule has 0 spiro atoms. The summed E-state index contributed by atoms with van der Waals surface area (Å²) >= 11 is 5.99. The zero-order valence-corrected chi connectivity index (χ0v) is 12.2.